The molecule has 1 aromatic carbocycles. The third kappa shape index (κ3) is 1.73. The predicted octanol–water partition coefficient (Wildman–Crippen LogP) is 2.69. The second kappa shape index (κ2) is 4.12. The Hall–Kier alpha value is -0.250. The number of rotatable bonds is 2. The fourth-order valence-electron chi connectivity index (χ4n) is 0.879. The molecule has 0 aliphatic carbocycles. The van der Waals surface area contributed by atoms with Crippen molar-refractivity contribution >= 4 is 23.4 Å². The summed E-state index contributed by atoms with van der Waals surface area (Å²) < 4.78 is 12.9. The van der Waals surface area contributed by atoms with Gasteiger partial charge in [-0.2, -0.15) is 0 Å². The maximum absolute atomic E-state index is 12.9. The van der Waals surface area contributed by atoms with Crippen molar-refractivity contribution in [3.8, 4) is 0 Å². The number of benzene rings is 1. The number of aliphatic hydroxyl groups excluding tert-OH is 1. The fraction of sp³-hybridized carbons (Fsp3) is 0.250. The molecular weight excluding hydrogens is 199 g/mol. The SMILES string of the molecule is CSc1ccc(F)c(CO)c1Cl. The zero-order valence-corrected chi connectivity index (χ0v) is 8.05. The van der Waals surface area contributed by atoms with Crippen LogP contribution in [0.2, 0.25) is 5.02 Å². The van der Waals surface area contributed by atoms with Gasteiger partial charge in [0.2, 0.25) is 0 Å². The summed E-state index contributed by atoms with van der Waals surface area (Å²) >= 11 is 7.22. The minimum atomic E-state index is -0.458. The van der Waals surface area contributed by atoms with Crippen molar-refractivity contribution in [3.63, 3.8) is 0 Å². The van der Waals surface area contributed by atoms with Gasteiger partial charge in [-0.3, -0.25) is 0 Å². The van der Waals surface area contributed by atoms with Crippen LogP contribution in [0.25, 0.3) is 0 Å². The van der Waals surface area contributed by atoms with E-state index in [1.165, 1.54) is 17.8 Å². The van der Waals surface area contributed by atoms with Gasteiger partial charge in [-0.05, 0) is 18.4 Å². The van der Waals surface area contributed by atoms with Gasteiger partial charge >= 0.3 is 0 Å². The highest BCUT2D eigenvalue weighted by Gasteiger charge is 2.09. The lowest BCUT2D eigenvalue weighted by Crippen LogP contribution is -1.92. The summed E-state index contributed by atoms with van der Waals surface area (Å²) in [4.78, 5) is 0.780. The summed E-state index contributed by atoms with van der Waals surface area (Å²) in [5.41, 5.74) is 0.170. The van der Waals surface area contributed by atoms with Crippen molar-refractivity contribution in [2.24, 2.45) is 0 Å². The van der Waals surface area contributed by atoms with Gasteiger partial charge in [0.15, 0.2) is 0 Å². The number of hydrogen-bond donors (Lipinski definition) is 1. The minimum Gasteiger partial charge on any atom is -0.392 e. The number of halogens is 2. The van der Waals surface area contributed by atoms with Crippen LogP contribution >= 0.6 is 23.4 Å². The average molecular weight is 207 g/mol. The molecule has 0 heterocycles. The lowest BCUT2D eigenvalue weighted by Gasteiger charge is -2.05. The number of thioether (sulfide) groups is 1. The molecule has 12 heavy (non-hydrogen) atoms. The van der Waals surface area contributed by atoms with Gasteiger partial charge in [-0.15, -0.1) is 11.8 Å². The Morgan fingerprint density at radius 1 is 1.58 bits per heavy atom. The molecule has 0 saturated heterocycles. The van der Waals surface area contributed by atoms with Crippen molar-refractivity contribution in [1.29, 1.82) is 0 Å². The molecule has 4 heteroatoms. The van der Waals surface area contributed by atoms with Crippen LogP contribution in [0.1, 0.15) is 5.56 Å². The molecule has 0 atom stereocenters. The zero-order chi connectivity index (χ0) is 9.14. The monoisotopic (exact) mass is 206 g/mol. The Balaban J connectivity index is 3.24. The van der Waals surface area contributed by atoms with E-state index >= 15 is 0 Å². The number of hydrogen-bond acceptors (Lipinski definition) is 2. The molecule has 0 radical (unpaired) electrons. The average Bonchev–Trinajstić information content (AvgIpc) is 2.06. The van der Waals surface area contributed by atoms with Crippen LogP contribution in [0, 0.1) is 5.82 Å². The van der Waals surface area contributed by atoms with E-state index in [1.54, 1.807) is 6.07 Å². The first-order valence-electron chi connectivity index (χ1n) is 3.32. The van der Waals surface area contributed by atoms with Crippen LogP contribution in [0.5, 0.6) is 0 Å². The minimum absolute atomic E-state index is 0.170. The second-order valence-corrected chi connectivity index (χ2v) is 3.43. The van der Waals surface area contributed by atoms with Crippen molar-refractivity contribution in [2.45, 2.75) is 11.5 Å². The first kappa shape index (κ1) is 9.84. The maximum atomic E-state index is 12.9. The summed E-state index contributed by atoms with van der Waals surface area (Å²) in [5, 5.41) is 9.10. The van der Waals surface area contributed by atoms with Crippen LogP contribution in [0.15, 0.2) is 17.0 Å². The highest BCUT2D eigenvalue weighted by atomic mass is 35.5. The van der Waals surface area contributed by atoms with Gasteiger partial charge in [0, 0.05) is 10.5 Å². The molecule has 0 bridgehead atoms. The van der Waals surface area contributed by atoms with Gasteiger partial charge in [-0.25, -0.2) is 4.39 Å². The normalized spacial score (nSPS) is 10.3. The van der Waals surface area contributed by atoms with Crippen LogP contribution in [-0.4, -0.2) is 11.4 Å². The first-order valence-corrected chi connectivity index (χ1v) is 4.92. The van der Waals surface area contributed by atoms with E-state index in [-0.39, 0.29) is 12.2 Å². The van der Waals surface area contributed by atoms with E-state index in [0.717, 1.165) is 4.90 Å². The highest BCUT2D eigenvalue weighted by Crippen LogP contribution is 2.30. The Labute approximate surface area is 79.5 Å². The Morgan fingerprint density at radius 2 is 2.25 bits per heavy atom. The van der Waals surface area contributed by atoms with Crippen molar-refractivity contribution < 1.29 is 9.50 Å². The highest BCUT2D eigenvalue weighted by molar-refractivity contribution is 7.98. The van der Waals surface area contributed by atoms with Crippen LogP contribution in [0.4, 0.5) is 4.39 Å². The van der Waals surface area contributed by atoms with Gasteiger partial charge in [0.05, 0.1) is 11.6 Å². The molecule has 0 spiro atoms. The van der Waals surface area contributed by atoms with Gasteiger partial charge < -0.3 is 5.11 Å². The van der Waals surface area contributed by atoms with Crippen molar-refractivity contribution in [3.05, 3.63) is 28.5 Å². The van der Waals surface area contributed by atoms with Gasteiger partial charge in [0.1, 0.15) is 5.82 Å². The Bertz CT molecular complexity index is 291. The van der Waals surface area contributed by atoms with E-state index in [9.17, 15) is 4.39 Å². The molecule has 0 unspecified atom stereocenters. The topological polar surface area (TPSA) is 20.2 Å². The number of aliphatic hydroxyl groups is 1. The molecule has 1 nitrogen and oxygen atoms in total. The fourth-order valence-corrected chi connectivity index (χ4v) is 1.83. The lowest BCUT2D eigenvalue weighted by atomic mass is 10.2. The van der Waals surface area contributed by atoms with E-state index in [4.69, 9.17) is 16.7 Å². The molecule has 0 fully saturated rings. The van der Waals surface area contributed by atoms with E-state index in [0.29, 0.717) is 5.02 Å². The van der Waals surface area contributed by atoms with Crippen LogP contribution < -0.4 is 0 Å². The molecule has 1 aromatic rings. The summed E-state index contributed by atoms with van der Waals surface area (Å²) in [5.74, 6) is -0.458. The summed E-state index contributed by atoms with van der Waals surface area (Å²) in [7, 11) is 0. The molecule has 66 valence electrons. The molecule has 0 aliphatic heterocycles. The van der Waals surface area contributed by atoms with Gasteiger partial charge in [-0.1, -0.05) is 11.6 Å². The molecule has 1 N–H and O–H groups in total. The zero-order valence-electron chi connectivity index (χ0n) is 6.47. The lowest BCUT2D eigenvalue weighted by molar-refractivity contribution is 0.275. The quantitative estimate of drug-likeness (QED) is 0.751. The smallest absolute Gasteiger partial charge is 0.130 e. The van der Waals surface area contributed by atoms with Gasteiger partial charge in [0.25, 0.3) is 0 Å². The molecule has 0 amide bonds. The van der Waals surface area contributed by atoms with E-state index < -0.39 is 5.82 Å². The largest absolute Gasteiger partial charge is 0.392 e. The predicted molar refractivity (Wildman–Crippen MR) is 49.1 cm³/mol. The van der Waals surface area contributed by atoms with E-state index in [1.807, 2.05) is 6.26 Å². The van der Waals surface area contributed by atoms with Crippen molar-refractivity contribution in [1.82, 2.24) is 0 Å². The summed E-state index contributed by atoms with van der Waals surface area (Å²) in [6.07, 6.45) is 1.85. The third-order valence-electron chi connectivity index (χ3n) is 1.53. The molecular formula is C8H8ClFOS. The molecule has 1 rings (SSSR count). The Morgan fingerprint density at radius 3 is 2.75 bits per heavy atom. The summed E-state index contributed by atoms with van der Waals surface area (Å²) in [6.45, 7) is -0.362. The van der Waals surface area contributed by atoms with Crippen LogP contribution in [-0.2, 0) is 6.61 Å². The standard InChI is InChI=1S/C8H8ClFOS/c1-12-7-3-2-6(10)5(4-11)8(7)9/h2-3,11H,4H2,1H3. The maximum Gasteiger partial charge on any atom is 0.130 e. The Kier molecular flexibility index (Phi) is 3.38. The second-order valence-electron chi connectivity index (χ2n) is 2.20. The first-order chi connectivity index (χ1) is 5.70. The molecule has 0 aliphatic rings. The van der Waals surface area contributed by atoms with Crippen molar-refractivity contribution in [2.75, 3.05) is 6.26 Å². The third-order valence-corrected chi connectivity index (χ3v) is 2.85. The molecule has 0 saturated carbocycles. The molecule has 0 aromatic heterocycles. The summed E-state index contributed by atoms with van der Waals surface area (Å²) in [6, 6.07) is 2.91. The van der Waals surface area contributed by atoms with E-state index in [2.05, 4.69) is 0 Å². The van der Waals surface area contributed by atoms with Crippen LogP contribution in [0.3, 0.4) is 0 Å².